The molecule has 1 rings (SSSR count). The summed E-state index contributed by atoms with van der Waals surface area (Å²) in [4.78, 5) is 10.2. The van der Waals surface area contributed by atoms with E-state index >= 15 is 0 Å². The largest absolute Gasteiger partial charge is 0.480 e. The molecule has 1 aliphatic carbocycles. The maximum absolute atomic E-state index is 10.2. The predicted molar refractivity (Wildman–Crippen MR) is 54.1 cm³/mol. The molecule has 0 spiro atoms. The number of carbonyl (C=O) groups is 1. The van der Waals surface area contributed by atoms with Crippen molar-refractivity contribution in [3.8, 4) is 0 Å². The summed E-state index contributed by atoms with van der Waals surface area (Å²) in [5.74, 6) is 1.21. The zero-order chi connectivity index (χ0) is 10.6. The highest BCUT2D eigenvalue weighted by molar-refractivity contribution is 5.67. The van der Waals surface area contributed by atoms with Gasteiger partial charge in [0.15, 0.2) is 0 Å². The van der Waals surface area contributed by atoms with Gasteiger partial charge in [-0.05, 0) is 37.0 Å². The van der Waals surface area contributed by atoms with Gasteiger partial charge in [-0.15, -0.1) is 0 Å². The average Bonchev–Trinajstić information content (AvgIpc) is 2.01. The Morgan fingerprint density at radius 1 is 1.29 bits per heavy atom. The van der Waals surface area contributed by atoms with Gasteiger partial charge in [0.2, 0.25) is 0 Å². The average molecular weight is 200 g/mol. The van der Waals surface area contributed by atoms with E-state index < -0.39 is 5.97 Å². The normalized spacial score (nSPS) is 32.9. The van der Waals surface area contributed by atoms with E-state index in [1.165, 1.54) is 19.3 Å². The topological polar surface area (TPSA) is 46.5 Å². The lowest BCUT2D eigenvalue weighted by Crippen LogP contribution is -2.24. The third-order valence-corrected chi connectivity index (χ3v) is 2.86. The number of carboxylic acids is 1. The minimum absolute atomic E-state index is 0.154. The molecule has 1 aliphatic rings. The summed E-state index contributed by atoms with van der Waals surface area (Å²) in [6.45, 7) is 4.99. The Morgan fingerprint density at radius 3 is 2.36 bits per heavy atom. The first-order chi connectivity index (χ1) is 6.58. The number of hydrogen-bond acceptors (Lipinski definition) is 2. The molecule has 0 heterocycles. The van der Waals surface area contributed by atoms with Crippen molar-refractivity contribution < 1.29 is 14.6 Å². The fourth-order valence-electron chi connectivity index (χ4n) is 2.56. The van der Waals surface area contributed by atoms with E-state index in [0.29, 0.717) is 12.5 Å². The van der Waals surface area contributed by atoms with Gasteiger partial charge in [0.05, 0.1) is 6.61 Å². The zero-order valence-electron chi connectivity index (χ0n) is 9.03. The molecule has 0 amide bonds. The SMILES string of the molecule is C[C@@H]1CC(COCC(=O)O)C[C@H](C)C1. The first-order valence-electron chi connectivity index (χ1n) is 5.37. The monoisotopic (exact) mass is 200 g/mol. The molecular formula is C11H20O3. The van der Waals surface area contributed by atoms with E-state index in [1.54, 1.807) is 0 Å². The van der Waals surface area contributed by atoms with Crippen LogP contribution in [-0.2, 0) is 9.53 Å². The third-order valence-electron chi connectivity index (χ3n) is 2.86. The maximum atomic E-state index is 10.2. The second kappa shape index (κ2) is 5.35. The fourth-order valence-corrected chi connectivity index (χ4v) is 2.56. The quantitative estimate of drug-likeness (QED) is 0.756. The summed E-state index contributed by atoms with van der Waals surface area (Å²) in [6.07, 6.45) is 3.67. The summed E-state index contributed by atoms with van der Waals surface area (Å²) < 4.78 is 5.13. The molecule has 0 aromatic rings. The van der Waals surface area contributed by atoms with Crippen LogP contribution in [0.25, 0.3) is 0 Å². The highest BCUT2D eigenvalue weighted by Crippen LogP contribution is 2.32. The van der Waals surface area contributed by atoms with Crippen molar-refractivity contribution in [1.29, 1.82) is 0 Å². The smallest absolute Gasteiger partial charge is 0.329 e. The molecule has 0 aliphatic heterocycles. The summed E-state index contributed by atoms with van der Waals surface area (Å²) in [5.41, 5.74) is 0. The van der Waals surface area contributed by atoms with Crippen molar-refractivity contribution in [2.75, 3.05) is 13.2 Å². The van der Waals surface area contributed by atoms with Gasteiger partial charge in [-0.3, -0.25) is 0 Å². The van der Waals surface area contributed by atoms with E-state index in [2.05, 4.69) is 13.8 Å². The Hall–Kier alpha value is -0.570. The van der Waals surface area contributed by atoms with Gasteiger partial charge >= 0.3 is 5.97 Å². The van der Waals surface area contributed by atoms with Crippen LogP contribution in [0.1, 0.15) is 33.1 Å². The van der Waals surface area contributed by atoms with Gasteiger partial charge < -0.3 is 9.84 Å². The van der Waals surface area contributed by atoms with E-state index in [-0.39, 0.29) is 6.61 Å². The first kappa shape index (κ1) is 11.5. The Balaban J connectivity index is 2.20. The summed E-state index contributed by atoms with van der Waals surface area (Å²) in [7, 11) is 0. The van der Waals surface area contributed by atoms with Gasteiger partial charge in [0, 0.05) is 0 Å². The molecule has 82 valence electrons. The molecule has 0 bridgehead atoms. The van der Waals surface area contributed by atoms with Crippen LogP contribution in [0.2, 0.25) is 0 Å². The zero-order valence-corrected chi connectivity index (χ0v) is 9.03. The lowest BCUT2D eigenvalue weighted by Gasteiger charge is -2.31. The molecule has 3 nitrogen and oxygen atoms in total. The van der Waals surface area contributed by atoms with Crippen LogP contribution >= 0.6 is 0 Å². The van der Waals surface area contributed by atoms with Crippen molar-refractivity contribution in [3.05, 3.63) is 0 Å². The standard InChI is InChI=1S/C11H20O3/c1-8-3-9(2)5-10(4-8)6-14-7-11(12)13/h8-10H,3-7H2,1-2H3,(H,12,13)/t8-,9+,10?. The fraction of sp³-hybridized carbons (Fsp3) is 0.909. The molecular weight excluding hydrogens is 180 g/mol. The van der Waals surface area contributed by atoms with Crippen LogP contribution < -0.4 is 0 Å². The number of carboxylic acid groups (broad SMARTS) is 1. The number of aliphatic carboxylic acids is 1. The molecule has 0 aromatic heterocycles. The van der Waals surface area contributed by atoms with E-state index in [9.17, 15) is 4.79 Å². The number of ether oxygens (including phenoxy) is 1. The number of rotatable bonds is 4. The van der Waals surface area contributed by atoms with Crippen molar-refractivity contribution >= 4 is 5.97 Å². The molecule has 3 atom stereocenters. The van der Waals surface area contributed by atoms with E-state index in [0.717, 1.165) is 11.8 Å². The van der Waals surface area contributed by atoms with Crippen LogP contribution in [0.15, 0.2) is 0 Å². The van der Waals surface area contributed by atoms with Crippen LogP contribution in [0.5, 0.6) is 0 Å². The van der Waals surface area contributed by atoms with Crippen LogP contribution in [-0.4, -0.2) is 24.3 Å². The lowest BCUT2D eigenvalue weighted by molar-refractivity contribution is -0.142. The van der Waals surface area contributed by atoms with Gasteiger partial charge in [0.25, 0.3) is 0 Å². The second-order valence-electron chi connectivity index (χ2n) is 4.69. The highest BCUT2D eigenvalue weighted by atomic mass is 16.5. The van der Waals surface area contributed by atoms with E-state index in [1.807, 2.05) is 0 Å². The predicted octanol–water partition coefficient (Wildman–Crippen LogP) is 2.16. The van der Waals surface area contributed by atoms with E-state index in [4.69, 9.17) is 9.84 Å². The Morgan fingerprint density at radius 2 is 1.86 bits per heavy atom. The van der Waals surface area contributed by atoms with Gasteiger partial charge in [-0.2, -0.15) is 0 Å². The molecule has 0 saturated heterocycles. The third kappa shape index (κ3) is 4.09. The number of hydrogen-bond donors (Lipinski definition) is 1. The Labute approximate surface area is 85.5 Å². The van der Waals surface area contributed by atoms with Gasteiger partial charge in [0.1, 0.15) is 6.61 Å². The molecule has 0 aromatic carbocycles. The lowest BCUT2D eigenvalue weighted by atomic mass is 9.77. The maximum Gasteiger partial charge on any atom is 0.329 e. The van der Waals surface area contributed by atoms with Crippen molar-refractivity contribution in [1.82, 2.24) is 0 Å². The highest BCUT2D eigenvalue weighted by Gasteiger charge is 2.23. The van der Waals surface area contributed by atoms with Gasteiger partial charge in [-0.1, -0.05) is 13.8 Å². The first-order valence-corrected chi connectivity index (χ1v) is 5.37. The minimum Gasteiger partial charge on any atom is -0.480 e. The molecule has 1 fully saturated rings. The van der Waals surface area contributed by atoms with Crippen molar-refractivity contribution in [3.63, 3.8) is 0 Å². The molecule has 1 saturated carbocycles. The molecule has 1 unspecified atom stereocenters. The second-order valence-corrected chi connectivity index (χ2v) is 4.69. The molecule has 14 heavy (non-hydrogen) atoms. The van der Waals surface area contributed by atoms with Crippen LogP contribution in [0.4, 0.5) is 0 Å². The summed E-state index contributed by atoms with van der Waals surface area (Å²) in [5, 5.41) is 8.42. The van der Waals surface area contributed by atoms with Crippen LogP contribution in [0.3, 0.4) is 0 Å². The van der Waals surface area contributed by atoms with Crippen LogP contribution in [0, 0.1) is 17.8 Å². The summed E-state index contributed by atoms with van der Waals surface area (Å²) >= 11 is 0. The van der Waals surface area contributed by atoms with Crippen molar-refractivity contribution in [2.24, 2.45) is 17.8 Å². The molecule has 3 heteroatoms. The Kier molecular flexibility index (Phi) is 4.39. The Bertz CT molecular complexity index is 181. The molecule has 1 N–H and O–H groups in total. The van der Waals surface area contributed by atoms with Gasteiger partial charge in [-0.25, -0.2) is 4.79 Å². The molecule has 0 radical (unpaired) electrons. The van der Waals surface area contributed by atoms with Crippen molar-refractivity contribution in [2.45, 2.75) is 33.1 Å². The minimum atomic E-state index is -0.873. The summed E-state index contributed by atoms with van der Waals surface area (Å²) in [6, 6.07) is 0.